The molecule has 2 heterocycles. The van der Waals surface area contributed by atoms with E-state index in [4.69, 9.17) is 19.2 Å². The minimum absolute atomic E-state index is 0.0437. The highest BCUT2D eigenvalue weighted by Crippen LogP contribution is 2.39. The van der Waals surface area contributed by atoms with Gasteiger partial charge in [0.2, 0.25) is 11.8 Å². The molecule has 0 aromatic heterocycles. The molecule has 10 nitrogen and oxygen atoms in total. The van der Waals surface area contributed by atoms with Crippen LogP contribution in [0.4, 0.5) is 17.1 Å². The van der Waals surface area contributed by atoms with Crippen molar-refractivity contribution in [3.63, 3.8) is 0 Å². The molecule has 0 spiro atoms. The highest BCUT2D eigenvalue weighted by Gasteiger charge is 2.36. The van der Waals surface area contributed by atoms with Gasteiger partial charge in [0.05, 0.1) is 30.6 Å². The molecule has 0 saturated heterocycles. The number of nitrogens with one attached hydrogen (secondary N) is 1. The van der Waals surface area contributed by atoms with Crippen LogP contribution in [0, 0.1) is 0 Å². The van der Waals surface area contributed by atoms with Gasteiger partial charge in [-0.3, -0.25) is 14.6 Å². The normalized spacial score (nSPS) is 15.5. The van der Waals surface area contributed by atoms with Crippen LogP contribution in [0.1, 0.15) is 27.4 Å². The quantitative estimate of drug-likeness (QED) is 0.355. The van der Waals surface area contributed by atoms with Gasteiger partial charge in [0.1, 0.15) is 18.4 Å². The van der Waals surface area contributed by atoms with Crippen molar-refractivity contribution in [3.8, 4) is 11.5 Å². The number of aliphatic imine (C=N–C) groups is 1. The molecule has 0 aliphatic carbocycles. The third-order valence-electron chi connectivity index (χ3n) is 6.58. The van der Waals surface area contributed by atoms with Gasteiger partial charge >= 0.3 is 5.97 Å². The van der Waals surface area contributed by atoms with Gasteiger partial charge in [0.25, 0.3) is 0 Å². The van der Waals surface area contributed by atoms with E-state index in [1.54, 1.807) is 54.4 Å². The first-order valence-electron chi connectivity index (χ1n) is 12.5. The topological polar surface area (TPSA) is 110 Å². The number of likely N-dealkylation sites (N-methyl/N-ethyl adjacent to an activating group) is 2. The maximum Gasteiger partial charge on any atom is 0.337 e. The van der Waals surface area contributed by atoms with E-state index in [1.807, 2.05) is 37.2 Å². The third kappa shape index (κ3) is 5.29. The fourth-order valence-corrected chi connectivity index (χ4v) is 4.54. The number of carbonyl (C=O) groups is 3. The molecule has 2 aliphatic heterocycles. The highest BCUT2D eigenvalue weighted by molar-refractivity contribution is 6.24. The largest absolute Gasteiger partial charge is 0.465 e. The van der Waals surface area contributed by atoms with Crippen molar-refractivity contribution in [1.29, 1.82) is 0 Å². The van der Waals surface area contributed by atoms with Crippen LogP contribution in [-0.4, -0.2) is 63.2 Å². The summed E-state index contributed by atoms with van der Waals surface area (Å²) in [6, 6.07) is 17.5. The zero-order valence-electron chi connectivity index (χ0n) is 22.5. The van der Waals surface area contributed by atoms with E-state index in [0.717, 1.165) is 5.69 Å². The maximum absolute atomic E-state index is 13.4. The van der Waals surface area contributed by atoms with Gasteiger partial charge in [-0.15, -0.1) is 0 Å². The van der Waals surface area contributed by atoms with Crippen LogP contribution >= 0.6 is 0 Å². The summed E-state index contributed by atoms with van der Waals surface area (Å²) < 4.78 is 15.9. The van der Waals surface area contributed by atoms with Crippen molar-refractivity contribution >= 4 is 40.6 Å². The number of esters is 1. The SMILES string of the molecule is COC(=O)c1ccc2c(c1)NC(=O)C2C(=Nc1ccc(N(C)C(=O)CN(C)C)cc1)c1ccc2c(c1)OC=CO2. The number of hydrogen-bond donors (Lipinski definition) is 1. The fraction of sp³-hybridized carbons (Fsp3) is 0.200. The molecule has 40 heavy (non-hydrogen) atoms. The molecule has 0 fully saturated rings. The van der Waals surface area contributed by atoms with Crippen LogP contribution in [-0.2, 0) is 14.3 Å². The summed E-state index contributed by atoms with van der Waals surface area (Å²) >= 11 is 0. The van der Waals surface area contributed by atoms with E-state index in [9.17, 15) is 14.4 Å². The minimum Gasteiger partial charge on any atom is -0.465 e. The number of benzene rings is 3. The Hall–Kier alpha value is -4.96. The Morgan fingerprint density at radius 1 is 0.925 bits per heavy atom. The number of amides is 2. The van der Waals surface area contributed by atoms with Crippen LogP contribution in [0.15, 0.2) is 78.2 Å². The van der Waals surface area contributed by atoms with Gasteiger partial charge in [-0.2, -0.15) is 0 Å². The van der Waals surface area contributed by atoms with Gasteiger partial charge in [0.15, 0.2) is 11.5 Å². The van der Waals surface area contributed by atoms with Crippen LogP contribution in [0.2, 0.25) is 0 Å². The van der Waals surface area contributed by atoms with Crippen LogP contribution < -0.4 is 19.7 Å². The van der Waals surface area contributed by atoms with E-state index in [-0.39, 0.29) is 18.4 Å². The number of rotatable bonds is 7. The van der Waals surface area contributed by atoms with Gasteiger partial charge < -0.3 is 29.3 Å². The van der Waals surface area contributed by atoms with Crippen LogP contribution in [0.5, 0.6) is 11.5 Å². The maximum atomic E-state index is 13.4. The molecule has 3 aromatic rings. The van der Waals surface area contributed by atoms with Crippen LogP contribution in [0.25, 0.3) is 0 Å². The Kier molecular flexibility index (Phi) is 7.35. The Bertz CT molecular complexity index is 1540. The molecule has 10 heteroatoms. The molecule has 0 saturated carbocycles. The molecule has 3 aromatic carbocycles. The van der Waals surface area contributed by atoms with Gasteiger partial charge in [-0.05, 0) is 74.3 Å². The van der Waals surface area contributed by atoms with Crippen molar-refractivity contribution in [1.82, 2.24) is 4.90 Å². The summed E-state index contributed by atoms with van der Waals surface area (Å²) in [5.41, 5.74) is 3.97. The van der Waals surface area contributed by atoms with E-state index >= 15 is 0 Å². The minimum atomic E-state index is -0.760. The lowest BCUT2D eigenvalue weighted by Crippen LogP contribution is -2.34. The average molecular weight is 541 g/mol. The zero-order valence-corrected chi connectivity index (χ0v) is 22.5. The first kappa shape index (κ1) is 26.6. The second-order valence-electron chi connectivity index (χ2n) is 9.59. The first-order chi connectivity index (χ1) is 19.2. The lowest BCUT2D eigenvalue weighted by Gasteiger charge is -2.20. The van der Waals surface area contributed by atoms with E-state index in [0.29, 0.717) is 45.3 Å². The first-order valence-corrected chi connectivity index (χ1v) is 12.5. The van der Waals surface area contributed by atoms with E-state index in [1.165, 1.54) is 19.6 Å². The van der Waals surface area contributed by atoms with Crippen molar-refractivity contribution < 1.29 is 28.6 Å². The Labute approximate surface area is 231 Å². The second-order valence-corrected chi connectivity index (χ2v) is 9.59. The summed E-state index contributed by atoms with van der Waals surface area (Å²) in [6.45, 7) is 0.285. The van der Waals surface area contributed by atoms with Crippen molar-refractivity contribution in [3.05, 3.63) is 89.9 Å². The lowest BCUT2D eigenvalue weighted by molar-refractivity contribution is -0.119. The number of fused-ring (bicyclic) bond motifs is 2. The molecule has 204 valence electrons. The smallest absolute Gasteiger partial charge is 0.337 e. The fourth-order valence-electron chi connectivity index (χ4n) is 4.54. The molecule has 0 radical (unpaired) electrons. The Morgan fingerprint density at radius 2 is 1.62 bits per heavy atom. The summed E-state index contributed by atoms with van der Waals surface area (Å²) in [4.78, 5) is 46.2. The average Bonchev–Trinajstić information content (AvgIpc) is 3.29. The van der Waals surface area contributed by atoms with Crippen molar-refractivity contribution in [2.24, 2.45) is 4.99 Å². The molecule has 1 N–H and O–H groups in total. The Morgan fingerprint density at radius 3 is 2.33 bits per heavy atom. The van der Waals surface area contributed by atoms with E-state index < -0.39 is 11.9 Å². The van der Waals surface area contributed by atoms with Gasteiger partial charge in [-0.1, -0.05) is 6.07 Å². The molecule has 5 rings (SSSR count). The third-order valence-corrected chi connectivity index (χ3v) is 6.58. The summed E-state index contributed by atoms with van der Waals surface area (Å²) in [7, 11) is 6.71. The van der Waals surface area contributed by atoms with Crippen molar-refractivity contribution in [2.45, 2.75) is 5.92 Å². The number of hydrogen-bond acceptors (Lipinski definition) is 8. The molecule has 2 amide bonds. The Balaban J connectivity index is 1.55. The molecular weight excluding hydrogens is 512 g/mol. The second kappa shape index (κ2) is 11.0. The summed E-state index contributed by atoms with van der Waals surface area (Å²) in [6.07, 6.45) is 2.88. The molecule has 1 unspecified atom stereocenters. The predicted molar refractivity (Wildman–Crippen MR) is 151 cm³/mol. The predicted octanol–water partition coefficient (Wildman–Crippen LogP) is 4.10. The standard InChI is InChI=1S/C30H28N4O6/c1-33(2)17-26(35)34(3)21-9-7-20(8-10-21)31-28(18-6-12-24-25(16-18)40-14-13-39-24)27-22-11-5-19(30(37)38-4)15-23(22)32-29(27)36/h5-16,27H,17H2,1-4H3,(H,32,36). The number of anilines is 2. The number of carbonyl (C=O) groups excluding carboxylic acids is 3. The monoisotopic (exact) mass is 540 g/mol. The van der Waals surface area contributed by atoms with Gasteiger partial charge in [0, 0.05) is 24.0 Å². The summed E-state index contributed by atoms with van der Waals surface area (Å²) in [5, 5.41) is 2.87. The van der Waals surface area contributed by atoms with Gasteiger partial charge in [-0.25, -0.2) is 4.79 Å². The highest BCUT2D eigenvalue weighted by atomic mass is 16.5. The molecular formula is C30H28N4O6. The molecule has 0 bridgehead atoms. The molecule has 2 aliphatic rings. The summed E-state index contributed by atoms with van der Waals surface area (Å²) in [5.74, 6) is -0.552. The lowest BCUT2D eigenvalue weighted by atomic mass is 9.90. The molecule has 1 atom stereocenters. The van der Waals surface area contributed by atoms with Crippen LogP contribution in [0.3, 0.4) is 0 Å². The number of nitrogens with zero attached hydrogens (tertiary/aromatic N) is 3. The van der Waals surface area contributed by atoms with E-state index in [2.05, 4.69) is 5.32 Å². The number of ether oxygens (including phenoxy) is 3. The zero-order chi connectivity index (χ0) is 28.4. The van der Waals surface area contributed by atoms with Crippen molar-refractivity contribution in [2.75, 3.05) is 45.0 Å². The number of methoxy groups -OCH3 is 1.